The van der Waals surface area contributed by atoms with Crippen LogP contribution in [0.15, 0.2) is 54.7 Å². The average Bonchev–Trinajstić information content (AvgIpc) is 2.62. The Labute approximate surface area is 148 Å². The van der Waals surface area contributed by atoms with E-state index in [0.29, 0.717) is 0 Å². The maximum absolute atomic E-state index is 12.5. The van der Waals surface area contributed by atoms with E-state index in [9.17, 15) is 9.59 Å². The summed E-state index contributed by atoms with van der Waals surface area (Å²) in [7, 11) is 0. The van der Waals surface area contributed by atoms with Gasteiger partial charge in [0.15, 0.2) is 0 Å². The van der Waals surface area contributed by atoms with E-state index in [1.165, 1.54) is 12.5 Å². The Morgan fingerprint density at radius 2 is 1.80 bits per heavy atom. The molecule has 2 amide bonds. The molecule has 0 spiro atoms. The first-order valence-corrected chi connectivity index (χ1v) is 8.53. The molecule has 0 saturated carbocycles. The second-order valence-electron chi connectivity index (χ2n) is 6.19. The summed E-state index contributed by atoms with van der Waals surface area (Å²) < 4.78 is 0. The standard InChI is InChI=1S/C21H22N2O2/c1-3-16-8-10-18(11-9-16)22-21(25)14-20-19-7-5-4-6-17(19)12-13-23(20)15(2)24/h4-13,20H,3,14H2,1-2H3,(H,22,25)/t20-/m0/s1. The molecule has 1 atom stereocenters. The summed E-state index contributed by atoms with van der Waals surface area (Å²) in [5.41, 5.74) is 4.05. The fourth-order valence-electron chi connectivity index (χ4n) is 3.12. The van der Waals surface area contributed by atoms with E-state index in [1.54, 1.807) is 11.1 Å². The van der Waals surface area contributed by atoms with Gasteiger partial charge >= 0.3 is 0 Å². The molecule has 0 saturated heterocycles. The van der Waals surface area contributed by atoms with Gasteiger partial charge in [0.1, 0.15) is 0 Å². The van der Waals surface area contributed by atoms with Crippen molar-refractivity contribution < 1.29 is 9.59 Å². The topological polar surface area (TPSA) is 49.4 Å². The van der Waals surface area contributed by atoms with Gasteiger partial charge in [0.25, 0.3) is 0 Å². The van der Waals surface area contributed by atoms with Crippen LogP contribution < -0.4 is 5.32 Å². The van der Waals surface area contributed by atoms with Crippen LogP contribution in [0.3, 0.4) is 0 Å². The highest BCUT2D eigenvalue weighted by atomic mass is 16.2. The molecular formula is C21H22N2O2. The van der Waals surface area contributed by atoms with E-state index in [4.69, 9.17) is 0 Å². The molecular weight excluding hydrogens is 312 g/mol. The first-order valence-electron chi connectivity index (χ1n) is 8.53. The number of aryl methyl sites for hydroxylation is 1. The molecule has 128 valence electrons. The lowest BCUT2D eigenvalue weighted by Gasteiger charge is -2.32. The van der Waals surface area contributed by atoms with Crippen LogP contribution in [0.4, 0.5) is 5.69 Å². The van der Waals surface area contributed by atoms with Gasteiger partial charge in [-0.1, -0.05) is 43.3 Å². The number of carbonyl (C=O) groups is 2. The van der Waals surface area contributed by atoms with Crippen LogP contribution in [0.1, 0.15) is 43.0 Å². The number of nitrogens with one attached hydrogen (secondary N) is 1. The van der Waals surface area contributed by atoms with Crippen LogP contribution in [0, 0.1) is 0 Å². The monoisotopic (exact) mass is 334 g/mol. The smallest absolute Gasteiger partial charge is 0.226 e. The summed E-state index contributed by atoms with van der Waals surface area (Å²) in [6.45, 7) is 3.62. The minimum Gasteiger partial charge on any atom is -0.326 e. The van der Waals surface area contributed by atoms with Crippen LogP contribution in [0.5, 0.6) is 0 Å². The summed E-state index contributed by atoms with van der Waals surface area (Å²) in [5.74, 6) is -0.179. The molecule has 0 radical (unpaired) electrons. The third kappa shape index (κ3) is 3.79. The van der Waals surface area contributed by atoms with E-state index in [0.717, 1.165) is 23.2 Å². The molecule has 3 rings (SSSR count). The van der Waals surface area contributed by atoms with E-state index < -0.39 is 0 Å². The minimum atomic E-state index is -0.284. The Morgan fingerprint density at radius 1 is 1.08 bits per heavy atom. The van der Waals surface area contributed by atoms with Gasteiger partial charge in [0.05, 0.1) is 12.5 Å². The van der Waals surface area contributed by atoms with Crippen LogP contribution >= 0.6 is 0 Å². The van der Waals surface area contributed by atoms with Gasteiger partial charge in [-0.05, 0) is 41.3 Å². The second kappa shape index (κ2) is 7.34. The maximum Gasteiger partial charge on any atom is 0.226 e. The number of hydrogen-bond acceptors (Lipinski definition) is 2. The molecule has 0 unspecified atom stereocenters. The van der Waals surface area contributed by atoms with Gasteiger partial charge in [0.2, 0.25) is 11.8 Å². The van der Waals surface area contributed by atoms with E-state index >= 15 is 0 Å². The molecule has 0 bridgehead atoms. The zero-order chi connectivity index (χ0) is 17.8. The third-order valence-corrected chi connectivity index (χ3v) is 4.49. The Kier molecular flexibility index (Phi) is 4.98. The Morgan fingerprint density at radius 3 is 2.48 bits per heavy atom. The number of amides is 2. The first-order chi connectivity index (χ1) is 12.1. The zero-order valence-electron chi connectivity index (χ0n) is 14.5. The minimum absolute atomic E-state index is 0.0733. The van der Waals surface area contributed by atoms with Crippen molar-refractivity contribution in [2.45, 2.75) is 32.7 Å². The van der Waals surface area contributed by atoms with Crippen LogP contribution in [0.2, 0.25) is 0 Å². The summed E-state index contributed by atoms with van der Waals surface area (Å²) in [4.78, 5) is 26.1. The van der Waals surface area contributed by atoms with Gasteiger partial charge < -0.3 is 10.2 Å². The zero-order valence-corrected chi connectivity index (χ0v) is 14.5. The molecule has 0 aliphatic carbocycles. The molecule has 25 heavy (non-hydrogen) atoms. The van der Waals surface area contributed by atoms with Crippen molar-refractivity contribution in [2.75, 3.05) is 5.32 Å². The number of fused-ring (bicyclic) bond motifs is 1. The Hall–Kier alpha value is -2.88. The average molecular weight is 334 g/mol. The first kappa shape index (κ1) is 17.0. The van der Waals surface area contributed by atoms with Crippen molar-refractivity contribution in [2.24, 2.45) is 0 Å². The predicted molar refractivity (Wildman–Crippen MR) is 99.8 cm³/mol. The second-order valence-corrected chi connectivity index (χ2v) is 6.19. The maximum atomic E-state index is 12.5. The molecule has 0 fully saturated rings. The molecule has 4 nitrogen and oxygen atoms in total. The fraction of sp³-hybridized carbons (Fsp3) is 0.238. The molecule has 2 aromatic rings. The Bertz CT molecular complexity index is 809. The summed E-state index contributed by atoms with van der Waals surface area (Å²) in [6.07, 6.45) is 4.86. The number of nitrogens with zero attached hydrogens (tertiary/aromatic N) is 1. The highest BCUT2D eigenvalue weighted by Gasteiger charge is 2.28. The molecule has 1 N–H and O–H groups in total. The number of anilines is 1. The van der Waals surface area contributed by atoms with E-state index in [2.05, 4.69) is 12.2 Å². The van der Waals surface area contributed by atoms with E-state index in [-0.39, 0.29) is 24.3 Å². The highest BCUT2D eigenvalue weighted by Crippen LogP contribution is 2.33. The summed E-state index contributed by atoms with van der Waals surface area (Å²) >= 11 is 0. The summed E-state index contributed by atoms with van der Waals surface area (Å²) in [5, 5.41) is 2.93. The van der Waals surface area contributed by atoms with Crippen molar-refractivity contribution in [3.8, 4) is 0 Å². The van der Waals surface area contributed by atoms with Gasteiger partial charge in [-0.15, -0.1) is 0 Å². The summed E-state index contributed by atoms with van der Waals surface area (Å²) in [6, 6.07) is 15.4. The molecule has 0 aromatic heterocycles. The lowest BCUT2D eigenvalue weighted by molar-refractivity contribution is -0.129. The van der Waals surface area contributed by atoms with Gasteiger partial charge in [-0.3, -0.25) is 9.59 Å². The van der Waals surface area contributed by atoms with Crippen molar-refractivity contribution in [3.63, 3.8) is 0 Å². The van der Waals surface area contributed by atoms with Crippen molar-refractivity contribution in [1.29, 1.82) is 0 Å². The highest BCUT2D eigenvalue weighted by molar-refractivity contribution is 5.92. The lowest BCUT2D eigenvalue weighted by Crippen LogP contribution is -2.33. The van der Waals surface area contributed by atoms with Crippen molar-refractivity contribution in [1.82, 2.24) is 4.90 Å². The largest absolute Gasteiger partial charge is 0.326 e. The normalized spacial score (nSPS) is 15.6. The molecule has 1 heterocycles. The van der Waals surface area contributed by atoms with Gasteiger partial charge in [0, 0.05) is 18.8 Å². The third-order valence-electron chi connectivity index (χ3n) is 4.49. The van der Waals surface area contributed by atoms with Crippen LogP contribution in [-0.2, 0) is 16.0 Å². The predicted octanol–water partition coefficient (Wildman–Crippen LogP) is 4.15. The number of hydrogen-bond donors (Lipinski definition) is 1. The number of rotatable bonds is 4. The quantitative estimate of drug-likeness (QED) is 0.913. The number of benzene rings is 2. The van der Waals surface area contributed by atoms with Gasteiger partial charge in [-0.25, -0.2) is 0 Å². The fourth-order valence-corrected chi connectivity index (χ4v) is 3.12. The SMILES string of the molecule is CCc1ccc(NC(=O)C[C@H]2c3ccccc3C=CN2C(C)=O)cc1. The molecule has 1 aliphatic rings. The Balaban J connectivity index is 1.77. The number of carbonyl (C=O) groups excluding carboxylic acids is 2. The van der Waals surface area contributed by atoms with Crippen LogP contribution in [0.25, 0.3) is 6.08 Å². The molecule has 2 aromatic carbocycles. The molecule has 4 heteroatoms. The van der Waals surface area contributed by atoms with Crippen LogP contribution in [-0.4, -0.2) is 16.7 Å². The lowest BCUT2D eigenvalue weighted by atomic mass is 9.93. The van der Waals surface area contributed by atoms with Crippen molar-refractivity contribution >= 4 is 23.6 Å². The van der Waals surface area contributed by atoms with Gasteiger partial charge in [-0.2, -0.15) is 0 Å². The molecule has 1 aliphatic heterocycles. The van der Waals surface area contributed by atoms with Crippen molar-refractivity contribution in [3.05, 3.63) is 71.4 Å². The van der Waals surface area contributed by atoms with E-state index in [1.807, 2.05) is 54.6 Å².